The molecule has 0 atom stereocenters. The van der Waals surface area contributed by atoms with Gasteiger partial charge in [0.1, 0.15) is 0 Å². The fraction of sp³-hybridized carbons (Fsp3) is 0.0769. The van der Waals surface area contributed by atoms with Gasteiger partial charge in [0.2, 0.25) is 0 Å². The molecule has 0 radical (unpaired) electrons. The van der Waals surface area contributed by atoms with Gasteiger partial charge in [0.15, 0.2) is 0 Å². The van der Waals surface area contributed by atoms with Crippen LogP contribution < -0.4 is 24.8 Å². The van der Waals surface area contributed by atoms with E-state index in [9.17, 15) is 4.79 Å². The molecule has 0 saturated heterocycles. The summed E-state index contributed by atoms with van der Waals surface area (Å²) >= 11 is 0. The Hall–Kier alpha value is -1.64. The van der Waals surface area contributed by atoms with Crippen molar-refractivity contribution in [2.45, 2.75) is 13.8 Å². The summed E-state index contributed by atoms with van der Waals surface area (Å²) in [6.07, 6.45) is 0. The zero-order valence-electron chi connectivity index (χ0n) is 17.5. The summed E-state index contributed by atoms with van der Waals surface area (Å²) in [6.45, 7) is 4.34. The third-order valence-corrected chi connectivity index (χ3v) is 6.11. The fourth-order valence-electron chi connectivity index (χ4n) is 3.09. The molecule has 0 unspecified atom stereocenters. The molecule has 0 aliphatic carbocycles. The molecule has 0 bridgehead atoms. The van der Waals surface area contributed by atoms with E-state index in [0.717, 1.165) is 0 Å². The van der Waals surface area contributed by atoms with Gasteiger partial charge in [0.05, 0.1) is 0 Å². The second-order valence-electron chi connectivity index (χ2n) is 6.66. The number of benzene rings is 2. The second kappa shape index (κ2) is 15.2. The third-order valence-electron chi connectivity index (χ3n) is 4.77. The molecule has 5 rings (SSSR count). The SMILES string of the molecule is Cc1[cH-]c2ccccc2c1C.O=[C-][si]1ccccc1.[Cl-].[Cl-].[Zr+2].c1ccc2[cH-]ccc2c1. The molecule has 0 amide bonds. The maximum absolute atomic E-state index is 9.96. The normalized spacial score (nSPS) is 8.97. The van der Waals surface area contributed by atoms with Gasteiger partial charge in [0, 0.05) is 5.91 Å². The Labute approximate surface area is 217 Å². The van der Waals surface area contributed by atoms with Gasteiger partial charge in [-0.1, -0.05) is 40.4 Å². The van der Waals surface area contributed by atoms with Gasteiger partial charge in [-0.2, -0.15) is 34.4 Å². The van der Waals surface area contributed by atoms with Gasteiger partial charge >= 0.3 is 26.2 Å². The Morgan fingerprint density at radius 3 is 1.97 bits per heavy atom. The van der Waals surface area contributed by atoms with E-state index in [1.165, 1.54) is 32.7 Å². The molecular weight excluding hydrogens is 519 g/mol. The first-order valence-electron chi connectivity index (χ1n) is 9.34. The first-order valence-corrected chi connectivity index (χ1v) is 11.0. The second-order valence-corrected chi connectivity index (χ2v) is 8.44. The van der Waals surface area contributed by atoms with Crippen LogP contribution in [-0.4, -0.2) is 14.3 Å². The van der Waals surface area contributed by atoms with E-state index in [-0.39, 0.29) is 51.0 Å². The predicted molar refractivity (Wildman–Crippen MR) is 122 cm³/mol. The van der Waals surface area contributed by atoms with Gasteiger partial charge in [-0.3, -0.25) is 0 Å². The monoisotopic (exact) mass is 539 g/mol. The average Bonchev–Trinajstić information content (AvgIpc) is 3.34. The van der Waals surface area contributed by atoms with Crippen LogP contribution in [0.2, 0.25) is 0 Å². The van der Waals surface area contributed by atoms with Crippen LogP contribution in [0.25, 0.3) is 21.5 Å². The van der Waals surface area contributed by atoms with E-state index in [1.54, 1.807) is 0 Å². The van der Waals surface area contributed by atoms with Crippen LogP contribution in [-0.2, 0) is 31.0 Å². The molecule has 0 spiro atoms. The van der Waals surface area contributed by atoms with Gasteiger partial charge in [-0.05, 0) is 0 Å². The van der Waals surface area contributed by atoms with Crippen LogP contribution in [0.4, 0.5) is 0 Å². The Bertz CT molecular complexity index is 1140. The third kappa shape index (κ3) is 8.43. The minimum atomic E-state index is -0.985. The molecule has 1 aromatic heterocycles. The minimum Gasteiger partial charge on any atom is -1.00 e. The molecule has 0 fully saturated rings. The largest absolute Gasteiger partial charge is 2.00 e. The predicted octanol–water partition coefficient (Wildman–Crippen LogP) is 0.367. The van der Waals surface area contributed by atoms with Crippen LogP contribution in [0, 0.1) is 13.8 Å². The number of aryl methyl sites for hydroxylation is 2. The van der Waals surface area contributed by atoms with Crippen LogP contribution in [0.3, 0.4) is 0 Å². The number of hydrogen-bond acceptors (Lipinski definition) is 1. The van der Waals surface area contributed by atoms with Gasteiger partial charge < -0.3 is 29.6 Å². The van der Waals surface area contributed by atoms with Gasteiger partial charge in [0.25, 0.3) is 0 Å². The summed E-state index contributed by atoms with van der Waals surface area (Å²) in [5.41, 5.74) is 6.61. The van der Waals surface area contributed by atoms with Crippen molar-refractivity contribution >= 4 is 35.9 Å². The Balaban J connectivity index is 0.000000421. The van der Waals surface area contributed by atoms with E-state index in [1.807, 2.05) is 35.5 Å². The number of halogens is 2. The standard InChI is InChI=1S/C11H11.C9H7.C6H5OSi.2ClH.Zr/c1-8-7-10-5-3-4-6-11(10)9(8)2;1-2-5-9-7-3-6-8(9)4-1;7-6-8-4-2-1-3-5-8;;;/h3-7H,1-2H3;1-7H;1-5H;2*1H;/q3*-1;;;+2/p-2. The summed E-state index contributed by atoms with van der Waals surface area (Å²) in [5.74, 6) is 1.96. The van der Waals surface area contributed by atoms with Crippen molar-refractivity contribution < 1.29 is 55.8 Å². The van der Waals surface area contributed by atoms with Gasteiger partial charge in [-0.25, -0.2) is 0 Å². The summed E-state index contributed by atoms with van der Waals surface area (Å²) in [4.78, 5) is 9.96. The molecular formula is C26H23Cl2OSiZr-3. The molecule has 5 aromatic rings. The smallest absolute Gasteiger partial charge is 1.00 e. The summed E-state index contributed by atoms with van der Waals surface area (Å²) in [7, 11) is -0.985. The molecule has 0 saturated carbocycles. The quantitative estimate of drug-likeness (QED) is 0.222. The first-order chi connectivity index (χ1) is 13.7. The van der Waals surface area contributed by atoms with Crippen molar-refractivity contribution in [1.82, 2.24) is 0 Å². The summed E-state index contributed by atoms with van der Waals surface area (Å²) in [6, 6.07) is 31.1. The van der Waals surface area contributed by atoms with Crippen molar-refractivity contribution in [1.29, 1.82) is 0 Å². The molecule has 31 heavy (non-hydrogen) atoms. The van der Waals surface area contributed by atoms with Crippen LogP contribution >= 0.6 is 0 Å². The maximum Gasteiger partial charge on any atom is 2.00 e. The molecule has 1 heterocycles. The minimum absolute atomic E-state index is 0. The molecule has 5 heteroatoms. The molecule has 0 aliphatic heterocycles. The number of hydrogen-bond donors (Lipinski definition) is 0. The Morgan fingerprint density at radius 2 is 1.39 bits per heavy atom. The molecule has 0 N–H and O–H groups in total. The van der Waals surface area contributed by atoms with Crippen molar-refractivity contribution in [3.8, 4) is 0 Å². The van der Waals surface area contributed by atoms with Crippen LogP contribution in [0.15, 0.2) is 102 Å². The fourth-order valence-corrected chi connectivity index (χ4v) is 3.98. The Morgan fingerprint density at radius 1 is 0.774 bits per heavy atom. The maximum atomic E-state index is 9.96. The summed E-state index contributed by atoms with van der Waals surface area (Å²) < 4.78 is 0. The molecule has 4 aromatic carbocycles. The van der Waals surface area contributed by atoms with Crippen molar-refractivity contribution in [3.63, 3.8) is 0 Å². The van der Waals surface area contributed by atoms with E-state index in [0.29, 0.717) is 0 Å². The molecule has 0 aliphatic rings. The van der Waals surface area contributed by atoms with Crippen LogP contribution in [0.5, 0.6) is 0 Å². The van der Waals surface area contributed by atoms with E-state index in [4.69, 9.17) is 0 Å². The van der Waals surface area contributed by atoms with Crippen molar-refractivity contribution in [2.75, 3.05) is 0 Å². The van der Waals surface area contributed by atoms with E-state index >= 15 is 0 Å². The number of fused-ring (bicyclic) bond motifs is 2. The van der Waals surface area contributed by atoms with Crippen LogP contribution in [0.1, 0.15) is 11.1 Å². The number of rotatable bonds is 1. The summed E-state index contributed by atoms with van der Waals surface area (Å²) in [5, 5.41) is 5.42. The van der Waals surface area contributed by atoms with E-state index in [2.05, 4.69) is 86.6 Å². The molecule has 1 nitrogen and oxygen atoms in total. The zero-order valence-corrected chi connectivity index (χ0v) is 22.4. The Kier molecular flexibility index (Phi) is 14.4. The van der Waals surface area contributed by atoms with Crippen molar-refractivity contribution in [2.24, 2.45) is 0 Å². The topological polar surface area (TPSA) is 17.1 Å². The van der Waals surface area contributed by atoms with Gasteiger partial charge in [-0.15, -0.1) is 82.4 Å². The average molecular weight is 542 g/mol. The molecule has 158 valence electrons. The zero-order chi connectivity index (χ0) is 19.8. The first kappa shape index (κ1) is 29.4. The number of carbonyl (C=O) groups excluding carboxylic acids is 1. The van der Waals surface area contributed by atoms with E-state index < -0.39 is 8.40 Å². The van der Waals surface area contributed by atoms with Crippen molar-refractivity contribution in [3.05, 3.63) is 113 Å².